The highest BCUT2D eigenvalue weighted by Gasteiger charge is 2.32. The summed E-state index contributed by atoms with van der Waals surface area (Å²) in [5, 5.41) is 0. The lowest BCUT2D eigenvalue weighted by Gasteiger charge is -2.18. The first-order valence-electron chi connectivity index (χ1n) is 5.83. The van der Waals surface area contributed by atoms with E-state index in [1.807, 2.05) is 11.9 Å². The van der Waals surface area contributed by atoms with Crippen LogP contribution < -0.4 is 16.6 Å². The smallest absolute Gasteiger partial charge is 0.255 e. The Balaban J connectivity index is 1.86. The molecule has 0 aliphatic carbocycles. The molecule has 4 N–H and O–H groups in total. The molecule has 1 aliphatic heterocycles. The summed E-state index contributed by atoms with van der Waals surface area (Å²) in [6.07, 6.45) is 0.646. The Kier molecular flexibility index (Phi) is 3.78. The van der Waals surface area contributed by atoms with E-state index in [1.54, 1.807) is 12.1 Å². The maximum atomic E-state index is 12.7. The molecule has 1 aromatic rings. The molecule has 0 bridgehead atoms. The van der Waals surface area contributed by atoms with Crippen LogP contribution in [-0.4, -0.2) is 36.5 Å². The third-order valence-electron chi connectivity index (χ3n) is 3.06. The first-order valence-corrected chi connectivity index (χ1v) is 5.83. The van der Waals surface area contributed by atoms with Crippen molar-refractivity contribution in [2.75, 3.05) is 19.0 Å². The Bertz CT molecular complexity index is 423. The number of hydrazine groups is 1. The van der Waals surface area contributed by atoms with Crippen LogP contribution in [0.5, 0.6) is 0 Å². The first kappa shape index (κ1) is 12.8. The monoisotopic (exact) mass is 252 g/mol. The minimum absolute atomic E-state index is 0.0385. The Hall–Kier alpha value is -1.66. The lowest BCUT2D eigenvalue weighted by molar-refractivity contribution is -0.124. The molecule has 0 radical (unpaired) electrons. The molecule has 1 heterocycles. The number of carbonyl (C=O) groups excluding carboxylic acids is 1. The molecular weight excluding hydrogens is 235 g/mol. The average molecular weight is 252 g/mol. The Labute approximate surface area is 105 Å². The molecule has 1 aromatic carbocycles. The van der Waals surface area contributed by atoms with Crippen molar-refractivity contribution in [2.45, 2.75) is 18.5 Å². The van der Waals surface area contributed by atoms with Crippen molar-refractivity contribution >= 4 is 11.6 Å². The molecule has 2 unspecified atom stereocenters. The first-order chi connectivity index (χ1) is 8.56. The van der Waals surface area contributed by atoms with Gasteiger partial charge in [0, 0.05) is 12.6 Å². The molecular formula is C12H17FN4O. The van der Waals surface area contributed by atoms with Gasteiger partial charge in [-0.1, -0.05) is 0 Å². The minimum atomic E-state index is -0.312. The number of nitrogens with two attached hydrogens (primary N) is 1. The molecule has 1 fully saturated rings. The average Bonchev–Trinajstić information content (AvgIpc) is 2.67. The molecule has 18 heavy (non-hydrogen) atoms. The van der Waals surface area contributed by atoms with Crippen LogP contribution in [0, 0.1) is 5.82 Å². The van der Waals surface area contributed by atoms with Crippen molar-refractivity contribution in [3.8, 4) is 0 Å². The molecule has 6 heteroatoms. The SMILES string of the molecule is CN1CC(N)CC1C(=O)NNc1ccc(F)cc1. The van der Waals surface area contributed by atoms with E-state index >= 15 is 0 Å². The third-order valence-corrected chi connectivity index (χ3v) is 3.06. The normalized spacial score (nSPS) is 23.9. The summed E-state index contributed by atoms with van der Waals surface area (Å²) in [6, 6.07) is 5.59. The molecule has 1 aliphatic rings. The number of rotatable bonds is 3. The van der Waals surface area contributed by atoms with E-state index in [0.29, 0.717) is 18.7 Å². The van der Waals surface area contributed by atoms with Gasteiger partial charge in [-0.3, -0.25) is 20.5 Å². The van der Waals surface area contributed by atoms with Crippen LogP contribution in [0.2, 0.25) is 0 Å². The summed E-state index contributed by atoms with van der Waals surface area (Å²) in [4.78, 5) is 13.8. The fraction of sp³-hybridized carbons (Fsp3) is 0.417. The van der Waals surface area contributed by atoms with Crippen molar-refractivity contribution in [3.63, 3.8) is 0 Å². The van der Waals surface area contributed by atoms with Crippen LogP contribution in [0.1, 0.15) is 6.42 Å². The largest absolute Gasteiger partial charge is 0.326 e. The highest BCUT2D eigenvalue weighted by molar-refractivity contribution is 5.83. The zero-order valence-electron chi connectivity index (χ0n) is 10.2. The predicted molar refractivity (Wildman–Crippen MR) is 67.2 cm³/mol. The Morgan fingerprint density at radius 1 is 1.44 bits per heavy atom. The topological polar surface area (TPSA) is 70.4 Å². The van der Waals surface area contributed by atoms with Gasteiger partial charge in [-0.2, -0.15) is 0 Å². The van der Waals surface area contributed by atoms with E-state index in [2.05, 4.69) is 10.9 Å². The zero-order valence-corrected chi connectivity index (χ0v) is 10.2. The van der Waals surface area contributed by atoms with Crippen molar-refractivity contribution in [3.05, 3.63) is 30.1 Å². The lowest BCUT2D eigenvalue weighted by atomic mass is 10.2. The molecule has 1 saturated heterocycles. The second-order valence-corrected chi connectivity index (χ2v) is 4.57. The maximum absolute atomic E-state index is 12.7. The number of likely N-dealkylation sites (tertiary alicyclic amines) is 1. The second-order valence-electron chi connectivity index (χ2n) is 4.57. The fourth-order valence-electron chi connectivity index (χ4n) is 2.10. The standard InChI is InChI=1S/C12H17FN4O/c1-17-7-9(14)6-11(17)12(18)16-15-10-4-2-8(13)3-5-10/h2-5,9,11,15H,6-7,14H2,1H3,(H,16,18). The van der Waals surface area contributed by atoms with E-state index in [4.69, 9.17) is 5.73 Å². The molecule has 2 rings (SSSR count). The third kappa shape index (κ3) is 2.96. The highest BCUT2D eigenvalue weighted by atomic mass is 19.1. The van der Waals surface area contributed by atoms with E-state index in [1.165, 1.54) is 12.1 Å². The summed E-state index contributed by atoms with van der Waals surface area (Å²) >= 11 is 0. The summed E-state index contributed by atoms with van der Waals surface area (Å²) in [6.45, 7) is 0.717. The van der Waals surface area contributed by atoms with Crippen LogP contribution in [0.25, 0.3) is 0 Å². The number of hydrogen-bond acceptors (Lipinski definition) is 4. The summed E-state index contributed by atoms with van der Waals surface area (Å²) in [5.74, 6) is -0.442. The quantitative estimate of drug-likeness (QED) is 0.677. The minimum Gasteiger partial charge on any atom is -0.326 e. The zero-order chi connectivity index (χ0) is 13.1. The fourth-order valence-corrected chi connectivity index (χ4v) is 2.10. The number of amides is 1. The number of benzene rings is 1. The molecule has 0 saturated carbocycles. The number of carbonyl (C=O) groups is 1. The number of halogens is 1. The van der Waals surface area contributed by atoms with Gasteiger partial charge in [-0.15, -0.1) is 0 Å². The van der Waals surface area contributed by atoms with Gasteiger partial charge >= 0.3 is 0 Å². The second kappa shape index (κ2) is 5.32. The molecule has 1 amide bonds. The summed E-state index contributed by atoms with van der Waals surface area (Å²) in [5.41, 5.74) is 11.8. The Morgan fingerprint density at radius 2 is 2.11 bits per heavy atom. The van der Waals surface area contributed by atoms with Gasteiger partial charge in [0.1, 0.15) is 5.82 Å². The number of likely N-dealkylation sites (N-methyl/N-ethyl adjacent to an activating group) is 1. The predicted octanol–water partition coefficient (Wildman–Crippen LogP) is 0.300. The van der Waals surface area contributed by atoms with Crippen LogP contribution in [0.15, 0.2) is 24.3 Å². The van der Waals surface area contributed by atoms with Gasteiger partial charge < -0.3 is 5.73 Å². The van der Waals surface area contributed by atoms with Crippen molar-refractivity contribution in [2.24, 2.45) is 5.73 Å². The van der Waals surface area contributed by atoms with Crippen molar-refractivity contribution in [1.82, 2.24) is 10.3 Å². The maximum Gasteiger partial charge on any atom is 0.255 e. The van der Waals surface area contributed by atoms with Gasteiger partial charge in [0.25, 0.3) is 5.91 Å². The summed E-state index contributed by atoms with van der Waals surface area (Å²) in [7, 11) is 1.87. The highest BCUT2D eigenvalue weighted by Crippen LogP contribution is 2.14. The van der Waals surface area contributed by atoms with Crippen LogP contribution >= 0.6 is 0 Å². The molecule has 0 aromatic heterocycles. The summed E-state index contributed by atoms with van der Waals surface area (Å²) < 4.78 is 12.7. The van der Waals surface area contributed by atoms with Gasteiger partial charge in [-0.05, 0) is 37.7 Å². The lowest BCUT2D eigenvalue weighted by Crippen LogP contribution is -2.43. The molecule has 0 spiro atoms. The van der Waals surface area contributed by atoms with Crippen molar-refractivity contribution < 1.29 is 9.18 Å². The van der Waals surface area contributed by atoms with Gasteiger partial charge in [0.2, 0.25) is 0 Å². The number of hydrogen-bond donors (Lipinski definition) is 3. The van der Waals surface area contributed by atoms with Crippen molar-refractivity contribution in [1.29, 1.82) is 0 Å². The number of anilines is 1. The number of nitrogens with one attached hydrogen (secondary N) is 2. The van der Waals surface area contributed by atoms with Gasteiger partial charge in [0.05, 0.1) is 11.7 Å². The van der Waals surface area contributed by atoms with Gasteiger partial charge in [-0.25, -0.2) is 4.39 Å². The van der Waals surface area contributed by atoms with E-state index < -0.39 is 0 Å². The Morgan fingerprint density at radius 3 is 2.67 bits per heavy atom. The van der Waals surface area contributed by atoms with Gasteiger partial charge in [0.15, 0.2) is 0 Å². The molecule has 5 nitrogen and oxygen atoms in total. The van der Waals surface area contributed by atoms with E-state index in [0.717, 1.165) is 0 Å². The van der Waals surface area contributed by atoms with Crippen LogP contribution in [-0.2, 0) is 4.79 Å². The molecule has 98 valence electrons. The van der Waals surface area contributed by atoms with Crippen LogP contribution in [0.4, 0.5) is 10.1 Å². The van der Waals surface area contributed by atoms with E-state index in [9.17, 15) is 9.18 Å². The van der Waals surface area contributed by atoms with Crippen LogP contribution in [0.3, 0.4) is 0 Å². The molecule has 2 atom stereocenters. The van der Waals surface area contributed by atoms with E-state index in [-0.39, 0.29) is 23.8 Å². The number of nitrogens with zero attached hydrogens (tertiary/aromatic N) is 1.